The quantitative estimate of drug-likeness (QED) is 0.718. The monoisotopic (exact) mass is 328 g/mol. The molecular formula is C16H16N4O2S. The third-order valence-corrected chi connectivity index (χ3v) is 3.76. The van der Waals surface area contributed by atoms with Gasteiger partial charge in [0.15, 0.2) is 11.4 Å². The molecule has 118 valence electrons. The summed E-state index contributed by atoms with van der Waals surface area (Å²) in [5.74, 6) is 0.353. The van der Waals surface area contributed by atoms with Gasteiger partial charge in [-0.15, -0.1) is 0 Å². The number of rotatable bonds is 3. The van der Waals surface area contributed by atoms with Gasteiger partial charge in [-0.2, -0.15) is 0 Å². The summed E-state index contributed by atoms with van der Waals surface area (Å²) in [6.07, 6.45) is 0. The Hall–Kier alpha value is -2.67. The van der Waals surface area contributed by atoms with Gasteiger partial charge in [-0.05, 0) is 36.4 Å². The molecule has 0 saturated heterocycles. The second-order valence-electron chi connectivity index (χ2n) is 5.19. The minimum Gasteiger partial charge on any atom is -0.378 e. The van der Waals surface area contributed by atoms with Crippen LogP contribution in [0.2, 0.25) is 0 Å². The number of thiol groups is 1. The average Bonchev–Trinajstić information content (AvgIpc) is 2.98. The average molecular weight is 328 g/mol. The highest BCUT2D eigenvalue weighted by molar-refractivity contribution is 7.82. The number of anilines is 3. The van der Waals surface area contributed by atoms with Gasteiger partial charge in [0.05, 0.1) is 5.39 Å². The molecule has 2 amide bonds. The van der Waals surface area contributed by atoms with Gasteiger partial charge in [0.2, 0.25) is 0 Å². The lowest BCUT2D eigenvalue weighted by atomic mass is 10.2. The lowest BCUT2D eigenvalue weighted by Gasteiger charge is -2.15. The predicted octanol–water partition coefficient (Wildman–Crippen LogP) is 3.78. The van der Waals surface area contributed by atoms with Gasteiger partial charge in [0.25, 0.3) is 0 Å². The minimum absolute atomic E-state index is 0.353. The molecule has 6 nitrogen and oxygen atoms in total. The van der Waals surface area contributed by atoms with E-state index in [1.807, 2.05) is 61.5 Å². The predicted molar refractivity (Wildman–Crippen MR) is 95.3 cm³/mol. The van der Waals surface area contributed by atoms with Crippen LogP contribution in [0.15, 0.2) is 53.1 Å². The van der Waals surface area contributed by atoms with Crippen molar-refractivity contribution < 1.29 is 9.32 Å². The smallest absolute Gasteiger partial charge is 0.337 e. The molecule has 3 aromatic rings. The highest BCUT2D eigenvalue weighted by Crippen LogP contribution is 2.27. The van der Waals surface area contributed by atoms with Gasteiger partial charge >= 0.3 is 6.03 Å². The van der Waals surface area contributed by atoms with Gasteiger partial charge in [-0.1, -0.05) is 30.1 Å². The summed E-state index contributed by atoms with van der Waals surface area (Å²) in [7, 11) is 3.91. The molecule has 0 atom stereocenters. The number of amides is 2. The van der Waals surface area contributed by atoms with Crippen molar-refractivity contribution in [2.75, 3.05) is 28.6 Å². The molecule has 0 aliphatic heterocycles. The van der Waals surface area contributed by atoms with Crippen LogP contribution in [-0.2, 0) is 0 Å². The Morgan fingerprint density at radius 2 is 1.83 bits per heavy atom. The fourth-order valence-electron chi connectivity index (χ4n) is 2.14. The number of urea groups is 1. The Balaban J connectivity index is 1.77. The summed E-state index contributed by atoms with van der Waals surface area (Å²) in [5.41, 5.74) is 2.32. The molecule has 0 spiro atoms. The van der Waals surface area contributed by atoms with Gasteiger partial charge < -0.3 is 14.7 Å². The summed E-state index contributed by atoms with van der Waals surface area (Å²) in [6, 6.07) is 14.4. The molecule has 1 aromatic heterocycles. The van der Waals surface area contributed by atoms with Crippen molar-refractivity contribution in [2.24, 2.45) is 0 Å². The first-order chi connectivity index (χ1) is 11.1. The summed E-state index contributed by atoms with van der Waals surface area (Å²) >= 11 is 4.23. The Morgan fingerprint density at radius 1 is 1.13 bits per heavy atom. The number of nitrogens with zero attached hydrogens (tertiary/aromatic N) is 3. The zero-order chi connectivity index (χ0) is 16.4. The lowest BCUT2D eigenvalue weighted by molar-refractivity contribution is 0.260. The molecule has 1 N–H and O–H groups in total. The highest BCUT2D eigenvalue weighted by Gasteiger charge is 2.19. The van der Waals surface area contributed by atoms with E-state index < -0.39 is 6.03 Å². The van der Waals surface area contributed by atoms with E-state index in [1.165, 1.54) is 0 Å². The number of carbonyl (C=O) groups excluding carboxylic acids is 1. The SMILES string of the molecule is CN(C)c1ccc(NC(=O)N(S)c2noc3ccccc23)cc1. The van der Waals surface area contributed by atoms with Crippen LogP contribution >= 0.6 is 12.8 Å². The Kier molecular flexibility index (Phi) is 4.12. The maximum absolute atomic E-state index is 12.3. The molecule has 0 saturated carbocycles. The number of hydrogen-bond donors (Lipinski definition) is 2. The van der Waals surface area contributed by atoms with E-state index in [4.69, 9.17) is 4.52 Å². The Labute approximate surface area is 139 Å². The van der Waals surface area contributed by atoms with Crippen LogP contribution in [0, 0.1) is 0 Å². The van der Waals surface area contributed by atoms with Gasteiger partial charge in [0, 0.05) is 25.5 Å². The van der Waals surface area contributed by atoms with Crippen LogP contribution in [0.5, 0.6) is 0 Å². The lowest BCUT2D eigenvalue weighted by Crippen LogP contribution is -2.27. The first-order valence-electron chi connectivity index (χ1n) is 6.98. The fraction of sp³-hybridized carbons (Fsp3) is 0.125. The summed E-state index contributed by atoms with van der Waals surface area (Å²) in [4.78, 5) is 14.3. The second-order valence-corrected chi connectivity index (χ2v) is 5.59. The molecule has 23 heavy (non-hydrogen) atoms. The summed E-state index contributed by atoms with van der Waals surface area (Å²) in [6.45, 7) is 0. The van der Waals surface area contributed by atoms with Gasteiger partial charge in [0.1, 0.15) is 0 Å². The molecule has 0 unspecified atom stereocenters. The van der Waals surface area contributed by atoms with E-state index in [0.29, 0.717) is 17.1 Å². The summed E-state index contributed by atoms with van der Waals surface area (Å²) in [5, 5.41) is 7.40. The standard InChI is InChI=1S/C16H16N4O2S/c1-19(2)12-9-7-11(8-10-12)17-16(21)20(23)15-13-5-3-4-6-14(13)22-18-15/h3-10,23H,1-2H3,(H,17,21). The molecule has 0 fully saturated rings. The normalized spacial score (nSPS) is 10.6. The van der Waals surface area contributed by atoms with E-state index in [0.717, 1.165) is 15.4 Å². The van der Waals surface area contributed by atoms with E-state index in [-0.39, 0.29) is 0 Å². The first-order valence-corrected chi connectivity index (χ1v) is 7.38. The van der Waals surface area contributed by atoms with Crippen molar-refractivity contribution >= 4 is 47.0 Å². The maximum atomic E-state index is 12.3. The van der Waals surface area contributed by atoms with Gasteiger partial charge in [-0.3, -0.25) is 0 Å². The highest BCUT2D eigenvalue weighted by atomic mass is 32.1. The van der Waals surface area contributed by atoms with Crippen LogP contribution in [-0.4, -0.2) is 25.3 Å². The van der Waals surface area contributed by atoms with Crippen molar-refractivity contribution in [3.63, 3.8) is 0 Å². The van der Waals surface area contributed by atoms with E-state index in [2.05, 4.69) is 23.3 Å². The first kappa shape index (κ1) is 15.2. The van der Waals surface area contributed by atoms with Crippen molar-refractivity contribution in [3.8, 4) is 0 Å². The minimum atomic E-state index is -0.412. The van der Waals surface area contributed by atoms with Crippen LogP contribution in [0.3, 0.4) is 0 Å². The van der Waals surface area contributed by atoms with Crippen LogP contribution < -0.4 is 14.5 Å². The third-order valence-electron chi connectivity index (χ3n) is 3.39. The summed E-state index contributed by atoms with van der Waals surface area (Å²) < 4.78 is 6.32. The molecule has 0 radical (unpaired) electrons. The molecule has 1 heterocycles. The number of hydrogen-bond acceptors (Lipinski definition) is 5. The zero-order valence-electron chi connectivity index (χ0n) is 12.7. The Morgan fingerprint density at radius 3 is 2.52 bits per heavy atom. The van der Waals surface area contributed by atoms with Crippen molar-refractivity contribution in [2.45, 2.75) is 0 Å². The van der Waals surface area contributed by atoms with E-state index in [9.17, 15) is 4.79 Å². The van der Waals surface area contributed by atoms with Crippen LogP contribution in [0.25, 0.3) is 11.0 Å². The van der Waals surface area contributed by atoms with E-state index in [1.54, 1.807) is 6.07 Å². The topological polar surface area (TPSA) is 61.6 Å². The molecule has 2 aromatic carbocycles. The molecule has 0 bridgehead atoms. The third kappa shape index (κ3) is 3.09. The van der Waals surface area contributed by atoms with Crippen molar-refractivity contribution in [1.29, 1.82) is 0 Å². The zero-order valence-corrected chi connectivity index (χ0v) is 13.6. The van der Waals surface area contributed by atoms with Gasteiger partial charge in [-0.25, -0.2) is 9.10 Å². The largest absolute Gasteiger partial charge is 0.378 e. The molecular weight excluding hydrogens is 312 g/mol. The number of carbonyl (C=O) groups is 1. The molecule has 3 rings (SSSR count). The molecule has 0 aliphatic rings. The number of fused-ring (bicyclic) bond motifs is 1. The number of benzene rings is 2. The maximum Gasteiger partial charge on any atom is 0.337 e. The van der Waals surface area contributed by atoms with Crippen molar-refractivity contribution in [1.82, 2.24) is 5.16 Å². The van der Waals surface area contributed by atoms with Crippen LogP contribution in [0.4, 0.5) is 22.0 Å². The molecule has 0 aliphatic carbocycles. The number of para-hydroxylation sites is 1. The van der Waals surface area contributed by atoms with E-state index >= 15 is 0 Å². The number of nitrogens with one attached hydrogen (secondary N) is 1. The van der Waals surface area contributed by atoms with Crippen molar-refractivity contribution in [3.05, 3.63) is 48.5 Å². The molecule has 7 heteroatoms. The fourth-order valence-corrected chi connectivity index (χ4v) is 2.34. The van der Waals surface area contributed by atoms with Crippen LogP contribution in [0.1, 0.15) is 0 Å². The number of aromatic nitrogens is 1. The second kappa shape index (κ2) is 6.21. The Bertz CT molecular complexity index is 829.